The number of nitrogens with zero attached hydrogens (tertiary/aromatic N) is 4. The van der Waals surface area contributed by atoms with Crippen LogP contribution in [0.2, 0.25) is 0 Å². The number of hydrogen-bond donors (Lipinski definition) is 1. The van der Waals surface area contributed by atoms with Gasteiger partial charge in [-0.2, -0.15) is 0 Å². The predicted molar refractivity (Wildman–Crippen MR) is 129 cm³/mol. The van der Waals surface area contributed by atoms with Gasteiger partial charge in [0.25, 0.3) is 0 Å². The highest BCUT2D eigenvalue weighted by Crippen LogP contribution is 2.40. The molecule has 4 aromatic rings. The normalized spacial score (nSPS) is 18.2. The van der Waals surface area contributed by atoms with Crippen LogP contribution >= 0.6 is 28.1 Å². The summed E-state index contributed by atoms with van der Waals surface area (Å²) in [6, 6.07) is 22.5. The monoisotopic (exact) mass is 489 g/mol. The summed E-state index contributed by atoms with van der Waals surface area (Å²) in [6.07, 6.45) is 7.56. The largest absolute Gasteiger partial charge is 0.352 e. The number of pyridine rings is 2. The van der Waals surface area contributed by atoms with Crippen molar-refractivity contribution in [1.82, 2.24) is 24.8 Å². The summed E-state index contributed by atoms with van der Waals surface area (Å²) >= 11 is 9.40. The zero-order chi connectivity index (χ0) is 21.2. The first-order valence-corrected chi connectivity index (χ1v) is 11.2. The molecule has 1 aliphatic rings. The lowest BCUT2D eigenvalue weighted by Crippen LogP contribution is -2.30. The molecular weight excluding hydrogens is 470 g/mol. The van der Waals surface area contributed by atoms with Gasteiger partial charge in [-0.25, -0.2) is 0 Å². The van der Waals surface area contributed by atoms with E-state index in [-0.39, 0.29) is 12.1 Å². The average molecular weight is 490 g/mol. The molecule has 4 heterocycles. The highest BCUT2D eigenvalue weighted by Gasteiger charge is 2.41. The molecule has 7 heteroatoms. The number of thiocarbonyl (C=S) groups is 1. The van der Waals surface area contributed by atoms with Gasteiger partial charge in [0.05, 0.1) is 17.8 Å². The third-order valence-electron chi connectivity index (χ3n) is 5.47. The van der Waals surface area contributed by atoms with E-state index >= 15 is 0 Å². The van der Waals surface area contributed by atoms with Gasteiger partial charge in [-0.05, 0) is 72.4 Å². The number of aromatic nitrogens is 3. The van der Waals surface area contributed by atoms with E-state index in [0.29, 0.717) is 6.54 Å². The van der Waals surface area contributed by atoms with Crippen molar-refractivity contribution in [2.24, 2.45) is 0 Å². The smallest absolute Gasteiger partial charge is 0.170 e. The molecule has 5 nitrogen and oxygen atoms in total. The van der Waals surface area contributed by atoms with Gasteiger partial charge >= 0.3 is 0 Å². The molecule has 1 aliphatic heterocycles. The topological polar surface area (TPSA) is 46.0 Å². The lowest BCUT2D eigenvalue weighted by molar-refractivity contribution is 0.302. The number of hydrogen-bond acceptors (Lipinski definition) is 3. The first-order chi connectivity index (χ1) is 15.2. The van der Waals surface area contributed by atoms with Gasteiger partial charge in [-0.15, -0.1) is 0 Å². The van der Waals surface area contributed by atoms with E-state index < -0.39 is 0 Å². The second-order valence-electron chi connectivity index (χ2n) is 7.39. The molecule has 0 amide bonds. The van der Waals surface area contributed by atoms with Gasteiger partial charge in [-0.1, -0.05) is 28.1 Å². The quantitative estimate of drug-likeness (QED) is 0.390. The Morgan fingerprint density at radius 2 is 1.84 bits per heavy atom. The van der Waals surface area contributed by atoms with Crippen LogP contribution in [0.4, 0.5) is 0 Å². The number of halogens is 1. The van der Waals surface area contributed by atoms with Gasteiger partial charge in [0.15, 0.2) is 5.11 Å². The SMILES string of the molecule is S=C1NC(c2ccccn2)C(c2cccn2-c2cccc(Br)c2)N1Cc1ccncc1. The van der Waals surface area contributed by atoms with Crippen LogP contribution in [-0.4, -0.2) is 24.5 Å². The molecule has 0 saturated carbocycles. The van der Waals surface area contributed by atoms with E-state index in [9.17, 15) is 0 Å². The Kier molecular flexibility index (Phi) is 5.53. The van der Waals surface area contributed by atoms with Crippen molar-refractivity contribution in [3.8, 4) is 5.69 Å². The second kappa shape index (κ2) is 8.61. The number of nitrogens with one attached hydrogen (secondary N) is 1. The minimum absolute atomic E-state index is 0.0236. The lowest BCUT2D eigenvalue weighted by atomic mass is 10.0. The minimum atomic E-state index is -0.0589. The highest BCUT2D eigenvalue weighted by molar-refractivity contribution is 9.10. The van der Waals surface area contributed by atoms with E-state index in [1.54, 1.807) is 0 Å². The minimum Gasteiger partial charge on any atom is -0.352 e. The third kappa shape index (κ3) is 3.98. The summed E-state index contributed by atoms with van der Waals surface area (Å²) in [7, 11) is 0. The van der Waals surface area contributed by atoms with Crippen LogP contribution in [0.15, 0.2) is 96.0 Å². The molecule has 2 unspecified atom stereocenters. The van der Waals surface area contributed by atoms with Crippen LogP contribution in [0.5, 0.6) is 0 Å². The summed E-state index contributed by atoms with van der Waals surface area (Å²) in [5, 5.41) is 4.25. The Labute approximate surface area is 194 Å². The summed E-state index contributed by atoms with van der Waals surface area (Å²) < 4.78 is 3.26. The number of rotatable bonds is 5. The Hall–Kier alpha value is -3.03. The Balaban J connectivity index is 1.61. The first-order valence-electron chi connectivity index (χ1n) is 10.0. The summed E-state index contributed by atoms with van der Waals surface area (Å²) in [6.45, 7) is 0.687. The maximum atomic E-state index is 5.80. The van der Waals surface area contributed by atoms with Crippen LogP contribution < -0.4 is 5.32 Å². The molecule has 1 saturated heterocycles. The second-order valence-corrected chi connectivity index (χ2v) is 8.70. The van der Waals surface area contributed by atoms with E-state index in [1.165, 1.54) is 0 Å². The van der Waals surface area contributed by atoms with Crippen LogP contribution in [0.3, 0.4) is 0 Å². The van der Waals surface area contributed by atoms with Gasteiger partial charge in [0, 0.05) is 47.2 Å². The van der Waals surface area contributed by atoms with Crippen LogP contribution in [0, 0.1) is 0 Å². The summed E-state index contributed by atoms with van der Waals surface area (Å²) in [5.74, 6) is 0. The van der Waals surface area contributed by atoms with E-state index in [2.05, 4.69) is 77.2 Å². The highest BCUT2D eigenvalue weighted by atomic mass is 79.9. The molecule has 0 aliphatic carbocycles. The van der Waals surface area contributed by atoms with Gasteiger partial charge in [0.2, 0.25) is 0 Å². The Morgan fingerprint density at radius 3 is 2.61 bits per heavy atom. The van der Waals surface area contributed by atoms with E-state index in [0.717, 1.165) is 32.2 Å². The molecule has 1 aromatic carbocycles. The Bertz CT molecular complexity index is 1190. The van der Waals surface area contributed by atoms with Crippen molar-refractivity contribution in [2.45, 2.75) is 18.6 Å². The molecule has 0 spiro atoms. The molecule has 154 valence electrons. The molecule has 3 aromatic heterocycles. The van der Waals surface area contributed by atoms with Crippen LogP contribution in [-0.2, 0) is 6.54 Å². The molecule has 1 N–H and O–H groups in total. The Morgan fingerprint density at radius 1 is 0.968 bits per heavy atom. The van der Waals surface area contributed by atoms with Crippen molar-refractivity contribution < 1.29 is 0 Å². The predicted octanol–water partition coefficient (Wildman–Crippen LogP) is 5.20. The van der Waals surface area contributed by atoms with Crippen LogP contribution in [0.1, 0.15) is 29.0 Å². The summed E-state index contributed by atoms with van der Waals surface area (Å²) in [4.78, 5) is 11.0. The van der Waals surface area contributed by atoms with Crippen molar-refractivity contribution in [1.29, 1.82) is 0 Å². The maximum absolute atomic E-state index is 5.80. The van der Waals surface area contributed by atoms with Crippen molar-refractivity contribution >= 4 is 33.3 Å². The standard InChI is InChI=1S/C24H20BrN5S/c25-18-5-3-6-19(15-18)29-14-4-8-21(29)23-22(20-7-1-2-11-27-20)28-24(31)30(23)16-17-9-12-26-13-10-17/h1-15,22-23H,16H2,(H,28,31). The number of benzene rings is 1. The fourth-order valence-electron chi connectivity index (χ4n) is 4.08. The third-order valence-corrected chi connectivity index (χ3v) is 6.32. The van der Waals surface area contributed by atoms with Gasteiger partial charge in [-0.3, -0.25) is 9.97 Å². The van der Waals surface area contributed by atoms with Gasteiger partial charge < -0.3 is 14.8 Å². The molecule has 5 rings (SSSR count). The summed E-state index contributed by atoms with van der Waals surface area (Å²) in [5.41, 5.74) is 4.37. The fraction of sp³-hybridized carbons (Fsp3) is 0.125. The maximum Gasteiger partial charge on any atom is 0.170 e. The first kappa shape index (κ1) is 19.9. The van der Waals surface area contributed by atoms with Crippen LogP contribution in [0.25, 0.3) is 5.69 Å². The molecule has 2 atom stereocenters. The lowest BCUT2D eigenvalue weighted by Gasteiger charge is -2.29. The van der Waals surface area contributed by atoms with E-state index in [4.69, 9.17) is 12.2 Å². The fourth-order valence-corrected chi connectivity index (χ4v) is 4.77. The zero-order valence-corrected chi connectivity index (χ0v) is 19.0. The van der Waals surface area contributed by atoms with Crippen molar-refractivity contribution in [2.75, 3.05) is 0 Å². The molecule has 31 heavy (non-hydrogen) atoms. The van der Waals surface area contributed by atoms with Crippen molar-refractivity contribution in [3.05, 3.63) is 113 Å². The van der Waals surface area contributed by atoms with E-state index in [1.807, 2.05) is 55.0 Å². The molecule has 0 bridgehead atoms. The zero-order valence-electron chi connectivity index (χ0n) is 16.6. The molecule has 1 fully saturated rings. The van der Waals surface area contributed by atoms with Crippen molar-refractivity contribution in [3.63, 3.8) is 0 Å². The average Bonchev–Trinajstić information content (AvgIpc) is 3.40. The molecular formula is C24H20BrN5S. The molecule has 0 radical (unpaired) electrons. The van der Waals surface area contributed by atoms with Gasteiger partial charge in [0.1, 0.15) is 0 Å².